The first kappa shape index (κ1) is 14.8. The molecule has 2 N–H and O–H groups in total. The number of anilines is 1. The standard InChI is InChI=1S/C20H20N2O2/c1-3-14-12-19(23)21-16-9-6-8-15(20(16)24-14)18-11-13-7-4-5-10-17(13)22(18)2/h3-11,14,19,21,23H,1,12H2,2H3/t14-,19?/m1/s1. The third-order valence-electron chi connectivity index (χ3n) is 4.55. The molecule has 2 aromatic carbocycles. The van der Waals surface area contributed by atoms with Crippen LogP contribution in [0.1, 0.15) is 6.42 Å². The predicted molar refractivity (Wildman–Crippen MR) is 97.2 cm³/mol. The Bertz CT molecular complexity index is 913. The summed E-state index contributed by atoms with van der Waals surface area (Å²) in [5.74, 6) is 0.754. The number of fused-ring (bicyclic) bond motifs is 2. The van der Waals surface area contributed by atoms with Gasteiger partial charge in [-0.1, -0.05) is 36.9 Å². The van der Waals surface area contributed by atoms with E-state index in [9.17, 15) is 5.11 Å². The summed E-state index contributed by atoms with van der Waals surface area (Å²) in [4.78, 5) is 0. The highest BCUT2D eigenvalue weighted by molar-refractivity contribution is 5.89. The maximum atomic E-state index is 10.1. The van der Waals surface area contributed by atoms with Gasteiger partial charge in [0.1, 0.15) is 12.3 Å². The van der Waals surface area contributed by atoms with Crippen LogP contribution in [-0.4, -0.2) is 22.0 Å². The van der Waals surface area contributed by atoms with Gasteiger partial charge in [0.2, 0.25) is 0 Å². The second kappa shape index (κ2) is 5.73. The average Bonchev–Trinajstić information content (AvgIpc) is 2.82. The minimum atomic E-state index is -0.656. The number of nitrogens with one attached hydrogen (secondary N) is 1. The fourth-order valence-electron chi connectivity index (χ4n) is 3.33. The van der Waals surface area contributed by atoms with Crippen LogP contribution in [0.5, 0.6) is 5.75 Å². The number of aliphatic hydroxyl groups excluding tert-OH is 1. The van der Waals surface area contributed by atoms with Gasteiger partial charge >= 0.3 is 0 Å². The van der Waals surface area contributed by atoms with Crippen LogP contribution in [0, 0.1) is 0 Å². The van der Waals surface area contributed by atoms with Crippen molar-refractivity contribution in [2.24, 2.45) is 7.05 Å². The summed E-state index contributed by atoms with van der Waals surface area (Å²) < 4.78 is 8.32. The lowest BCUT2D eigenvalue weighted by Gasteiger charge is -2.17. The van der Waals surface area contributed by atoms with E-state index in [1.165, 1.54) is 10.9 Å². The zero-order chi connectivity index (χ0) is 16.7. The molecule has 4 rings (SSSR count). The van der Waals surface area contributed by atoms with Gasteiger partial charge in [0.25, 0.3) is 0 Å². The smallest absolute Gasteiger partial charge is 0.152 e. The van der Waals surface area contributed by atoms with Crippen molar-refractivity contribution in [1.29, 1.82) is 0 Å². The summed E-state index contributed by atoms with van der Waals surface area (Å²) in [7, 11) is 2.06. The minimum absolute atomic E-state index is 0.232. The molecule has 3 aromatic rings. The molecule has 0 bridgehead atoms. The molecule has 0 spiro atoms. The van der Waals surface area contributed by atoms with Crippen molar-refractivity contribution in [2.75, 3.05) is 5.32 Å². The van der Waals surface area contributed by atoms with Gasteiger partial charge in [-0.25, -0.2) is 0 Å². The normalized spacial score (nSPS) is 19.9. The molecular weight excluding hydrogens is 300 g/mol. The summed E-state index contributed by atoms with van der Waals surface area (Å²) >= 11 is 0. The largest absolute Gasteiger partial charge is 0.483 e. The summed E-state index contributed by atoms with van der Waals surface area (Å²) in [6, 6.07) is 16.4. The SMILES string of the molecule is C=C[C@@H]1CC(O)Nc2cccc(-c3cc4ccccc4n3C)c2O1. The van der Waals surface area contributed by atoms with E-state index in [0.717, 1.165) is 22.7 Å². The molecule has 0 saturated heterocycles. The third kappa shape index (κ3) is 2.36. The molecule has 122 valence electrons. The van der Waals surface area contributed by atoms with Crippen LogP contribution < -0.4 is 10.1 Å². The van der Waals surface area contributed by atoms with Crippen LogP contribution in [0.15, 0.2) is 61.2 Å². The molecule has 1 aliphatic heterocycles. The van der Waals surface area contributed by atoms with Crippen molar-refractivity contribution < 1.29 is 9.84 Å². The van der Waals surface area contributed by atoms with Crippen LogP contribution in [0.3, 0.4) is 0 Å². The van der Waals surface area contributed by atoms with E-state index in [2.05, 4.69) is 41.7 Å². The van der Waals surface area contributed by atoms with Gasteiger partial charge < -0.3 is 19.7 Å². The molecular formula is C20H20N2O2. The van der Waals surface area contributed by atoms with E-state index in [-0.39, 0.29) is 6.10 Å². The Morgan fingerprint density at radius 1 is 1.25 bits per heavy atom. The van der Waals surface area contributed by atoms with Crippen LogP contribution in [0.4, 0.5) is 5.69 Å². The Labute approximate surface area is 141 Å². The number of benzene rings is 2. The van der Waals surface area contributed by atoms with Gasteiger partial charge in [0.15, 0.2) is 5.75 Å². The fourth-order valence-corrected chi connectivity index (χ4v) is 3.33. The van der Waals surface area contributed by atoms with E-state index in [4.69, 9.17) is 4.74 Å². The number of aromatic nitrogens is 1. The minimum Gasteiger partial charge on any atom is -0.483 e. The summed E-state index contributed by atoms with van der Waals surface area (Å²) in [5, 5.41) is 14.4. The van der Waals surface area contributed by atoms with E-state index in [1.54, 1.807) is 6.08 Å². The number of hydrogen-bond acceptors (Lipinski definition) is 3. The lowest BCUT2D eigenvalue weighted by molar-refractivity contribution is 0.144. The molecule has 1 aliphatic rings. The predicted octanol–water partition coefficient (Wildman–Crippen LogP) is 3.91. The number of aliphatic hydroxyl groups is 1. The molecule has 2 heterocycles. The van der Waals surface area contributed by atoms with E-state index in [1.807, 2.05) is 30.3 Å². The highest BCUT2D eigenvalue weighted by Gasteiger charge is 2.24. The van der Waals surface area contributed by atoms with Crippen molar-refractivity contribution >= 4 is 16.6 Å². The molecule has 0 saturated carbocycles. The van der Waals surface area contributed by atoms with Gasteiger partial charge in [-0.05, 0) is 24.3 Å². The Kier molecular flexibility index (Phi) is 3.54. The molecule has 1 aromatic heterocycles. The van der Waals surface area contributed by atoms with Gasteiger partial charge in [0, 0.05) is 29.9 Å². The Balaban J connectivity index is 1.91. The van der Waals surface area contributed by atoms with Crippen molar-refractivity contribution in [2.45, 2.75) is 18.8 Å². The molecule has 0 fully saturated rings. The number of nitrogens with zero attached hydrogens (tertiary/aromatic N) is 1. The lowest BCUT2D eigenvalue weighted by Crippen LogP contribution is -2.23. The van der Waals surface area contributed by atoms with E-state index >= 15 is 0 Å². The molecule has 0 aliphatic carbocycles. The molecule has 1 unspecified atom stereocenters. The second-order valence-corrected chi connectivity index (χ2v) is 6.12. The molecule has 4 nitrogen and oxygen atoms in total. The number of hydrogen-bond donors (Lipinski definition) is 2. The van der Waals surface area contributed by atoms with Crippen LogP contribution in [0.2, 0.25) is 0 Å². The van der Waals surface area contributed by atoms with Gasteiger partial charge in [0.05, 0.1) is 11.4 Å². The summed E-state index contributed by atoms with van der Waals surface area (Å²) in [6.45, 7) is 3.82. The van der Waals surface area contributed by atoms with Gasteiger partial charge in [-0.3, -0.25) is 0 Å². The van der Waals surface area contributed by atoms with Crippen molar-refractivity contribution in [3.05, 3.63) is 61.2 Å². The monoisotopic (exact) mass is 320 g/mol. The number of ether oxygens (including phenoxy) is 1. The zero-order valence-electron chi connectivity index (χ0n) is 13.6. The molecule has 0 radical (unpaired) electrons. The summed E-state index contributed by atoms with van der Waals surface area (Å²) in [6.07, 6.45) is 1.31. The average molecular weight is 320 g/mol. The van der Waals surface area contributed by atoms with Crippen LogP contribution >= 0.6 is 0 Å². The number of para-hydroxylation sites is 2. The quantitative estimate of drug-likeness (QED) is 0.704. The number of rotatable bonds is 2. The highest BCUT2D eigenvalue weighted by atomic mass is 16.5. The molecule has 2 atom stereocenters. The topological polar surface area (TPSA) is 46.4 Å². The lowest BCUT2D eigenvalue weighted by atomic mass is 10.1. The fraction of sp³-hybridized carbons (Fsp3) is 0.200. The summed E-state index contributed by atoms with van der Waals surface area (Å²) in [5.41, 5.74) is 4.05. The van der Waals surface area contributed by atoms with Crippen LogP contribution in [0.25, 0.3) is 22.2 Å². The molecule has 24 heavy (non-hydrogen) atoms. The zero-order valence-corrected chi connectivity index (χ0v) is 13.6. The highest BCUT2D eigenvalue weighted by Crippen LogP contribution is 2.41. The first-order chi connectivity index (χ1) is 11.7. The Morgan fingerprint density at radius 3 is 2.88 bits per heavy atom. The maximum absolute atomic E-state index is 10.1. The van der Waals surface area contributed by atoms with Crippen molar-refractivity contribution in [1.82, 2.24) is 4.57 Å². The van der Waals surface area contributed by atoms with Crippen molar-refractivity contribution in [3.8, 4) is 17.0 Å². The second-order valence-electron chi connectivity index (χ2n) is 6.12. The number of aryl methyl sites for hydroxylation is 1. The Hall–Kier alpha value is -2.72. The first-order valence-electron chi connectivity index (χ1n) is 8.09. The van der Waals surface area contributed by atoms with Gasteiger partial charge in [-0.2, -0.15) is 0 Å². The maximum Gasteiger partial charge on any atom is 0.152 e. The first-order valence-corrected chi connectivity index (χ1v) is 8.09. The molecule has 0 amide bonds. The van der Waals surface area contributed by atoms with E-state index in [0.29, 0.717) is 6.42 Å². The van der Waals surface area contributed by atoms with Gasteiger partial charge in [-0.15, -0.1) is 0 Å². The van der Waals surface area contributed by atoms with Crippen molar-refractivity contribution in [3.63, 3.8) is 0 Å². The Morgan fingerprint density at radius 2 is 2.08 bits per heavy atom. The third-order valence-corrected chi connectivity index (χ3v) is 4.55. The van der Waals surface area contributed by atoms with E-state index < -0.39 is 6.23 Å². The molecule has 4 heteroatoms. The van der Waals surface area contributed by atoms with Crippen LogP contribution in [-0.2, 0) is 7.05 Å².